The molecule has 2 rings (SSSR count). The number of nitro groups is 1. The number of thioether (sulfide) groups is 1. The summed E-state index contributed by atoms with van der Waals surface area (Å²) in [5, 5.41) is 14.5. The van der Waals surface area contributed by atoms with Crippen LogP contribution in [-0.4, -0.2) is 22.1 Å². The fraction of sp³-hybridized carbons (Fsp3) is 0.286. The summed E-state index contributed by atoms with van der Waals surface area (Å²) in [7, 11) is 0. The van der Waals surface area contributed by atoms with E-state index in [2.05, 4.69) is 10.3 Å². The molecular formula is C14H15N3O3S. The lowest BCUT2D eigenvalue weighted by molar-refractivity contribution is -0.384. The van der Waals surface area contributed by atoms with Gasteiger partial charge in [-0.05, 0) is 37.8 Å². The standard InChI is InChI=1S/C14H15N3O3S/c1-8-12(9(2)18)13(16-14(15-8)21-3)10-4-6-11(7-5-10)17(19)20/h4-7,13H,1-3H3,(H,15,16). The molecule has 0 bridgehead atoms. The molecule has 7 heteroatoms. The van der Waals surface area contributed by atoms with Gasteiger partial charge in [-0.1, -0.05) is 11.8 Å². The summed E-state index contributed by atoms with van der Waals surface area (Å²) in [5.74, 6) is -0.0627. The van der Waals surface area contributed by atoms with Crippen LogP contribution in [0.4, 0.5) is 5.69 Å². The summed E-state index contributed by atoms with van der Waals surface area (Å²) in [6.45, 7) is 3.33. The number of Topliss-reactive ketones (excluding diaryl/α,β-unsaturated/α-hetero) is 1. The van der Waals surface area contributed by atoms with Crippen molar-refractivity contribution < 1.29 is 9.72 Å². The predicted octanol–water partition coefficient (Wildman–Crippen LogP) is 2.82. The second-order valence-electron chi connectivity index (χ2n) is 4.61. The number of amidine groups is 1. The number of nitrogens with zero attached hydrogens (tertiary/aromatic N) is 2. The van der Waals surface area contributed by atoms with Gasteiger partial charge in [0.25, 0.3) is 5.69 Å². The molecule has 1 heterocycles. The third kappa shape index (κ3) is 3.13. The average Bonchev–Trinajstić information content (AvgIpc) is 2.45. The minimum atomic E-state index is -0.449. The van der Waals surface area contributed by atoms with E-state index >= 15 is 0 Å². The zero-order valence-corrected chi connectivity index (χ0v) is 12.7. The van der Waals surface area contributed by atoms with Gasteiger partial charge in [-0.2, -0.15) is 0 Å². The van der Waals surface area contributed by atoms with Crippen LogP contribution in [0.25, 0.3) is 0 Å². The molecule has 0 spiro atoms. The molecule has 1 unspecified atom stereocenters. The summed E-state index contributed by atoms with van der Waals surface area (Å²) in [4.78, 5) is 26.7. The van der Waals surface area contributed by atoms with E-state index in [0.29, 0.717) is 5.57 Å². The molecular weight excluding hydrogens is 290 g/mol. The zero-order chi connectivity index (χ0) is 15.6. The van der Waals surface area contributed by atoms with Crippen molar-refractivity contribution in [3.8, 4) is 0 Å². The summed E-state index contributed by atoms with van der Waals surface area (Å²) < 4.78 is 0. The van der Waals surface area contributed by atoms with Crippen LogP contribution < -0.4 is 5.32 Å². The van der Waals surface area contributed by atoms with Gasteiger partial charge in [0.1, 0.15) is 6.04 Å². The second kappa shape index (κ2) is 6.09. The number of allylic oxidation sites excluding steroid dienone is 1. The number of nitrogens with one attached hydrogen (secondary N) is 1. The molecule has 1 aromatic rings. The summed E-state index contributed by atoms with van der Waals surface area (Å²) in [5.41, 5.74) is 2.14. The number of hydrogen-bond acceptors (Lipinski definition) is 6. The Morgan fingerprint density at radius 1 is 1.38 bits per heavy atom. The molecule has 110 valence electrons. The molecule has 1 aliphatic rings. The first-order chi connectivity index (χ1) is 9.93. The lowest BCUT2D eigenvalue weighted by atomic mass is 9.94. The predicted molar refractivity (Wildman–Crippen MR) is 83.3 cm³/mol. The van der Waals surface area contributed by atoms with Crippen molar-refractivity contribution in [1.29, 1.82) is 0 Å². The fourth-order valence-electron chi connectivity index (χ4n) is 2.23. The SMILES string of the molecule is CSC1=NC(c2ccc([N+](=O)[O-])cc2)C(C(C)=O)=C(C)N1. The third-order valence-electron chi connectivity index (χ3n) is 3.21. The van der Waals surface area contributed by atoms with Crippen molar-refractivity contribution in [2.24, 2.45) is 4.99 Å². The Kier molecular flexibility index (Phi) is 4.42. The number of non-ortho nitro benzene ring substituents is 1. The largest absolute Gasteiger partial charge is 0.338 e. The van der Waals surface area contributed by atoms with Crippen molar-refractivity contribution in [3.05, 3.63) is 51.2 Å². The first kappa shape index (κ1) is 15.2. The zero-order valence-electron chi connectivity index (χ0n) is 11.9. The van der Waals surface area contributed by atoms with E-state index in [1.54, 1.807) is 12.1 Å². The lowest BCUT2D eigenvalue weighted by Crippen LogP contribution is -2.28. The van der Waals surface area contributed by atoms with Gasteiger partial charge >= 0.3 is 0 Å². The van der Waals surface area contributed by atoms with Crippen LogP contribution in [0.15, 0.2) is 40.5 Å². The number of carbonyl (C=O) groups is 1. The number of hydrogen-bond donors (Lipinski definition) is 1. The maximum atomic E-state index is 11.9. The second-order valence-corrected chi connectivity index (χ2v) is 5.40. The Balaban J connectivity index is 2.46. The number of rotatable bonds is 3. The highest BCUT2D eigenvalue weighted by molar-refractivity contribution is 8.13. The summed E-state index contributed by atoms with van der Waals surface area (Å²) in [6.07, 6.45) is 1.89. The van der Waals surface area contributed by atoms with E-state index in [0.717, 1.165) is 16.4 Å². The molecule has 1 aromatic carbocycles. The molecule has 0 aliphatic carbocycles. The van der Waals surface area contributed by atoms with E-state index in [4.69, 9.17) is 0 Å². The van der Waals surface area contributed by atoms with Crippen LogP contribution in [0.3, 0.4) is 0 Å². The van der Waals surface area contributed by atoms with Crippen LogP contribution in [0.1, 0.15) is 25.5 Å². The minimum absolute atomic E-state index is 0.0202. The quantitative estimate of drug-likeness (QED) is 0.685. The first-order valence-corrected chi connectivity index (χ1v) is 7.51. The van der Waals surface area contributed by atoms with E-state index in [1.807, 2.05) is 13.2 Å². The van der Waals surface area contributed by atoms with E-state index in [9.17, 15) is 14.9 Å². The molecule has 0 saturated carbocycles. The van der Waals surface area contributed by atoms with E-state index < -0.39 is 11.0 Å². The van der Waals surface area contributed by atoms with Crippen LogP contribution in [-0.2, 0) is 4.79 Å². The minimum Gasteiger partial charge on any atom is -0.338 e. The third-order valence-corrected chi connectivity index (χ3v) is 3.80. The van der Waals surface area contributed by atoms with Gasteiger partial charge in [-0.25, -0.2) is 4.99 Å². The van der Waals surface area contributed by atoms with Crippen LogP contribution in [0.5, 0.6) is 0 Å². The lowest BCUT2D eigenvalue weighted by Gasteiger charge is -2.25. The van der Waals surface area contributed by atoms with Gasteiger partial charge < -0.3 is 5.32 Å². The molecule has 6 nitrogen and oxygen atoms in total. The number of benzene rings is 1. The maximum Gasteiger partial charge on any atom is 0.269 e. The molecule has 0 radical (unpaired) electrons. The Labute approximate surface area is 126 Å². The highest BCUT2D eigenvalue weighted by Crippen LogP contribution is 2.32. The fourth-order valence-corrected chi connectivity index (χ4v) is 2.69. The van der Waals surface area contributed by atoms with Gasteiger partial charge in [0, 0.05) is 23.4 Å². The van der Waals surface area contributed by atoms with Crippen LogP contribution in [0.2, 0.25) is 0 Å². The Hall–Kier alpha value is -2.15. The average molecular weight is 305 g/mol. The van der Waals surface area contributed by atoms with Crippen molar-refractivity contribution in [1.82, 2.24) is 5.32 Å². The number of ketones is 1. The highest BCUT2D eigenvalue weighted by atomic mass is 32.2. The molecule has 0 aromatic heterocycles. The van der Waals surface area contributed by atoms with Crippen LogP contribution >= 0.6 is 11.8 Å². The summed E-state index contributed by atoms with van der Waals surface area (Å²) in [6, 6.07) is 5.72. The van der Waals surface area contributed by atoms with Crippen molar-refractivity contribution in [2.45, 2.75) is 19.9 Å². The maximum absolute atomic E-state index is 11.9. The van der Waals surface area contributed by atoms with E-state index in [-0.39, 0.29) is 11.5 Å². The molecule has 1 atom stereocenters. The van der Waals surface area contributed by atoms with Crippen molar-refractivity contribution >= 4 is 28.4 Å². The van der Waals surface area contributed by atoms with Gasteiger partial charge in [-0.3, -0.25) is 14.9 Å². The number of nitro benzene ring substituents is 1. The first-order valence-electron chi connectivity index (χ1n) is 6.29. The Morgan fingerprint density at radius 3 is 2.48 bits per heavy atom. The topological polar surface area (TPSA) is 84.6 Å². The van der Waals surface area contributed by atoms with Gasteiger partial charge in [0.05, 0.1) is 4.92 Å². The Morgan fingerprint density at radius 2 is 2.00 bits per heavy atom. The van der Waals surface area contributed by atoms with Crippen LogP contribution in [0, 0.1) is 10.1 Å². The smallest absolute Gasteiger partial charge is 0.269 e. The molecule has 1 N–H and O–H groups in total. The molecule has 1 aliphatic heterocycles. The monoisotopic (exact) mass is 305 g/mol. The molecule has 0 amide bonds. The highest BCUT2D eigenvalue weighted by Gasteiger charge is 2.27. The normalized spacial score (nSPS) is 18.0. The number of carbonyl (C=O) groups excluding carboxylic acids is 1. The van der Waals surface area contributed by atoms with E-state index in [1.165, 1.54) is 30.8 Å². The Bertz CT molecular complexity index is 650. The van der Waals surface area contributed by atoms with Gasteiger partial charge in [0.2, 0.25) is 0 Å². The van der Waals surface area contributed by atoms with Gasteiger partial charge in [0.15, 0.2) is 11.0 Å². The number of aliphatic imine (C=N–C) groups is 1. The van der Waals surface area contributed by atoms with Crippen molar-refractivity contribution in [3.63, 3.8) is 0 Å². The summed E-state index contributed by atoms with van der Waals surface area (Å²) >= 11 is 1.45. The van der Waals surface area contributed by atoms with Gasteiger partial charge in [-0.15, -0.1) is 0 Å². The van der Waals surface area contributed by atoms with Crippen molar-refractivity contribution in [2.75, 3.05) is 6.26 Å². The molecule has 0 fully saturated rings. The molecule has 0 saturated heterocycles. The molecule has 21 heavy (non-hydrogen) atoms.